The first-order valence-electron chi connectivity index (χ1n) is 7.42. The van der Waals surface area contributed by atoms with Crippen LogP contribution in [-0.2, 0) is 15.2 Å². The molecule has 1 aliphatic heterocycles. The van der Waals surface area contributed by atoms with Gasteiger partial charge in [0.2, 0.25) is 0 Å². The Kier molecular flexibility index (Phi) is 4.96. The van der Waals surface area contributed by atoms with Crippen molar-refractivity contribution in [2.45, 2.75) is 51.5 Å². The van der Waals surface area contributed by atoms with E-state index in [1.54, 1.807) is 27.7 Å². The zero-order valence-corrected chi connectivity index (χ0v) is 14.9. The van der Waals surface area contributed by atoms with Gasteiger partial charge in [-0.2, -0.15) is 13.2 Å². The molecule has 1 aromatic carbocycles. The quantitative estimate of drug-likeness (QED) is 0.781. The maximum absolute atomic E-state index is 13.6. The molecule has 2 rings (SSSR count). The number of carbonyl (C=O) groups excluding carboxylic acids is 1. The Morgan fingerprint density at radius 2 is 2.00 bits per heavy atom. The van der Waals surface area contributed by atoms with Crippen LogP contribution in [0.2, 0.25) is 0 Å². The number of ether oxygens (including phenoxy) is 1. The van der Waals surface area contributed by atoms with Crippen LogP contribution in [0.3, 0.4) is 0 Å². The van der Waals surface area contributed by atoms with Crippen molar-refractivity contribution >= 4 is 28.6 Å². The molecule has 1 aliphatic rings. The van der Waals surface area contributed by atoms with Gasteiger partial charge in [0.15, 0.2) is 0 Å². The highest BCUT2D eigenvalue weighted by atomic mass is 35.5. The fourth-order valence-electron chi connectivity index (χ4n) is 2.34. The number of halogens is 4. The minimum Gasteiger partial charge on any atom is -0.444 e. The first-order valence-corrected chi connectivity index (χ1v) is 7.80. The van der Waals surface area contributed by atoms with Crippen LogP contribution in [0.1, 0.15) is 38.3 Å². The highest BCUT2D eigenvalue weighted by molar-refractivity contribution is 6.65. The second-order valence-electron chi connectivity index (χ2n) is 6.72. The van der Waals surface area contributed by atoms with Crippen molar-refractivity contribution in [3.63, 3.8) is 0 Å². The Bertz CT molecular complexity index is 714. The van der Waals surface area contributed by atoms with Gasteiger partial charge in [0.25, 0.3) is 5.60 Å². The highest BCUT2D eigenvalue weighted by Gasteiger charge is 2.62. The highest BCUT2D eigenvalue weighted by Crippen LogP contribution is 2.49. The van der Waals surface area contributed by atoms with Crippen LogP contribution < -0.4 is 5.32 Å². The molecule has 0 saturated carbocycles. The number of rotatable bonds is 2. The Morgan fingerprint density at radius 3 is 2.44 bits per heavy atom. The summed E-state index contributed by atoms with van der Waals surface area (Å²) < 4.78 is 45.8. The lowest BCUT2D eigenvalue weighted by Gasteiger charge is -2.29. The summed E-state index contributed by atoms with van der Waals surface area (Å²) in [5.74, 6) is 0. The normalized spacial score (nSPS) is 20.7. The molecule has 0 radical (unpaired) electrons. The zero-order chi connectivity index (χ0) is 19.0. The van der Waals surface area contributed by atoms with Gasteiger partial charge in [0.1, 0.15) is 10.8 Å². The van der Waals surface area contributed by atoms with Crippen LogP contribution in [0.4, 0.5) is 23.7 Å². The van der Waals surface area contributed by atoms with Gasteiger partial charge in [-0.05, 0) is 45.4 Å². The lowest BCUT2D eigenvalue weighted by molar-refractivity contribution is -0.275. The topological polar surface area (TPSA) is 59.9 Å². The molecule has 1 amide bonds. The number of carbonyl (C=O) groups is 1. The van der Waals surface area contributed by atoms with Crippen LogP contribution in [0, 0.1) is 6.92 Å². The lowest BCUT2D eigenvalue weighted by atomic mass is 9.89. The summed E-state index contributed by atoms with van der Waals surface area (Å²) in [7, 11) is 0. The number of alkyl halides is 3. The largest absolute Gasteiger partial charge is 0.444 e. The summed E-state index contributed by atoms with van der Waals surface area (Å²) in [6.45, 7) is 6.68. The van der Waals surface area contributed by atoms with E-state index in [9.17, 15) is 18.0 Å². The Morgan fingerprint density at radius 1 is 1.36 bits per heavy atom. The van der Waals surface area contributed by atoms with Crippen molar-refractivity contribution in [3.05, 3.63) is 29.3 Å². The molecule has 138 valence electrons. The third-order valence-corrected chi connectivity index (χ3v) is 3.68. The maximum Gasteiger partial charge on any atom is 0.435 e. The lowest BCUT2D eigenvalue weighted by Crippen LogP contribution is -2.42. The number of aryl methyl sites for hydroxylation is 1. The number of anilines is 1. The van der Waals surface area contributed by atoms with Gasteiger partial charge in [-0.15, -0.1) is 0 Å². The van der Waals surface area contributed by atoms with E-state index in [2.05, 4.69) is 15.3 Å². The number of hydrogen-bond donors (Lipinski definition) is 1. The summed E-state index contributed by atoms with van der Waals surface area (Å²) in [6, 6.07) is 3.86. The SMILES string of the molecule is Cc1cc(C2(C(F)(F)F)CC(Cl)=NO2)ccc1NC(=O)OC(C)(C)C. The summed E-state index contributed by atoms with van der Waals surface area (Å²) in [5, 5.41) is 5.49. The van der Waals surface area contributed by atoms with E-state index in [4.69, 9.17) is 16.3 Å². The van der Waals surface area contributed by atoms with E-state index in [-0.39, 0.29) is 10.7 Å². The molecule has 0 fully saturated rings. The molecule has 1 aromatic rings. The first-order chi connectivity index (χ1) is 11.3. The average Bonchev–Trinajstić information content (AvgIpc) is 2.82. The molecule has 0 aromatic heterocycles. The van der Waals surface area contributed by atoms with Gasteiger partial charge in [0.05, 0.1) is 6.42 Å². The summed E-state index contributed by atoms with van der Waals surface area (Å²) in [4.78, 5) is 16.5. The van der Waals surface area contributed by atoms with E-state index < -0.39 is 29.9 Å². The van der Waals surface area contributed by atoms with Gasteiger partial charge >= 0.3 is 12.3 Å². The molecular formula is C16H18ClF3N2O3. The Labute approximate surface area is 148 Å². The molecular weight excluding hydrogens is 361 g/mol. The van der Waals surface area contributed by atoms with E-state index in [0.29, 0.717) is 11.3 Å². The van der Waals surface area contributed by atoms with E-state index in [1.807, 2.05) is 0 Å². The number of benzene rings is 1. The standard InChI is InChI=1S/C16H18ClF3N2O3/c1-9-7-10(15(16(18,19)20)8-12(17)22-25-15)5-6-11(9)21-13(23)24-14(2,3)4/h5-7H,8H2,1-4H3,(H,21,23). The minimum absolute atomic E-state index is 0.147. The molecule has 0 spiro atoms. The van der Waals surface area contributed by atoms with Gasteiger partial charge in [-0.25, -0.2) is 4.79 Å². The van der Waals surface area contributed by atoms with Crippen molar-refractivity contribution in [1.29, 1.82) is 0 Å². The fourth-order valence-corrected chi connectivity index (χ4v) is 2.56. The monoisotopic (exact) mass is 378 g/mol. The molecule has 1 heterocycles. The van der Waals surface area contributed by atoms with Crippen LogP contribution in [0.25, 0.3) is 0 Å². The van der Waals surface area contributed by atoms with Crippen molar-refractivity contribution in [3.8, 4) is 0 Å². The average molecular weight is 379 g/mol. The second-order valence-corrected chi connectivity index (χ2v) is 7.15. The van der Waals surface area contributed by atoms with Crippen LogP contribution in [0.15, 0.2) is 23.4 Å². The van der Waals surface area contributed by atoms with Gasteiger partial charge in [0, 0.05) is 11.3 Å². The minimum atomic E-state index is -4.71. The predicted octanol–water partition coefficient (Wildman–Crippen LogP) is 5.07. The van der Waals surface area contributed by atoms with Crippen LogP contribution >= 0.6 is 11.6 Å². The summed E-state index contributed by atoms with van der Waals surface area (Å²) >= 11 is 5.61. The van der Waals surface area contributed by atoms with Crippen LogP contribution in [0.5, 0.6) is 0 Å². The summed E-state index contributed by atoms with van der Waals surface area (Å²) in [6.07, 6.45) is -6.01. The van der Waals surface area contributed by atoms with Crippen molar-refractivity contribution in [2.24, 2.45) is 5.16 Å². The van der Waals surface area contributed by atoms with Crippen LogP contribution in [-0.4, -0.2) is 23.0 Å². The van der Waals surface area contributed by atoms with E-state index >= 15 is 0 Å². The molecule has 1 N–H and O–H groups in total. The molecule has 25 heavy (non-hydrogen) atoms. The van der Waals surface area contributed by atoms with Crippen molar-refractivity contribution in [2.75, 3.05) is 5.32 Å². The molecule has 0 aliphatic carbocycles. The molecule has 0 bridgehead atoms. The summed E-state index contributed by atoms with van der Waals surface area (Å²) in [5.41, 5.74) is -2.71. The number of hydrogen-bond acceptors (Lipinski definition) is 4. The number of nitrogens with zero attached hydrogens (tertiary/aromatic N) is 1. The van der Waals surface area contributed by atoms with Gasteiger partial charge in [-0.3, -0.25) is 5.32 Å². The molecule has 5 nitrogen and oxygen atoms in total. The molecule has 1 atom stereocenters. The van der Waals surface area contributed by atoms with Crippen molar-refractivity contribution in [1.82, 2.24) is 0 Å². The van der Waals surface area contributed by atoms with Crippen molar-refractivity contribution < 1.29 is 27.5 Å². The fraction of sp³-hybridized carbons (Fsp3) is 0.500. The Hall–Kier alpha value is -1.96. The number of oxime groups is 1. The molecule has 9 heteroatoms. The van der Waals surface area contributed by atoms with E-state index in [1.165, 1.54) is 18.2 Å². The maximum atomic E-state index is 13.6. The molecule has 0 saturated heterocycles. The predicted molar refractivity (Wildman–Crippen MR) is 87.8 cm³/mol. The Balaban J connectivity index is 2.28. The smallest absolute Gasteiger partial charge is 0.435 e. The number of nitrogens with one attached hydrogen (secondary N) is 1. The van der Waals surface area contributed by atoms with Gasteiger partial charge in [-0.1, -0.05) is 22.8 Å². The van der Waals surface area contributed by atoms with E-state index in [0.717, 1.165) is 0 Å². The third-order valence-electron chi connectivity index (χ3n) is 3.48. The first kappa shape index (κ1) is 19.4. The zero-order valence-electron chi connectivity index (χ0n) is 14.1. The number of amides is 1. The second kappa shape index (κ2) is 6.40. The third kappa shape index (κ3) is 4.18. The molecule has 1 unspecified atom stereocenters. The van der Waals surface area contributed by atoms with Gasteiger partial charge < -0.3 is 9.57 Å².